The highest BCUT2D eigenvalue weighted by atomic mass is 19.1. The van der Waals surface area contributed by atoms with Gasteiger partial charge in [-0.05, 0) is 12.1 Å². The average Bonchev–Trinajstić information content (AvgIpc) is 2.19. The lowest BCUT2D eigenvalue weighted by atomic mass is 10.3. The summed E-state index contributed by atoms with van der Waals surface area (Å²) < 4.78 is 35.8. The van der Waals surface area contributed by atoms with E-state index in [1.54, 1.807) is 0 Å². The van der Waals surface area contributed by atoms with Crippen molar-refractivity contribution >= 4 is 0 Å². The van der Waals surface area contributed by atoms with Crippen molar-refractivity contribution in [2.24, 2.45) is 5.73 Å². The maximum absolute atomic E-state index is 13.1. The molecule has 0 bridgehead atoms. The zero-order valence-corrected chi connectivity index (χ0v) is 7.72. The van der Waals surface area contributed by atoms with Crippen LogP contribution in [0.25, 0.3) is 0 Å². The van der Waals surface area contributed by atoms with E-state index >= 15 is 0 Å². The Labute approximate surface area is 80.4 Å². The molecule has 0 heterocycles. The first kappa shape index (κ1) is 10.7. The Morgan fingerprint density at radius 2 is 1.79 bits per heavy atom. The monoisotopic (exact) mass is 203 g/mol. The number of rotatable bonds is 4. The van der Waals surface area contributed by atoms with Crippen LogP contribution in [0.5, 0.6) is 11.5 Å². The van der Waals surface area contributed by atoms with E-state index in [0.717, 1.165) is 12.1 Å². The van der Waals surface area contributed by atoms with Gasteiger partial charge in [0.1, 0.15) is 6.61 Å². The molecule has 0 aromatic heterocycles. The van der Waals surface area contributed by atoms with E-state index < -0.39 is 11.6 Å². The lowest BCUT2D eigenvalue weighted by Gasteiger charge is -2.10. The molecule has 1 aromatic carbocycles. The second-order valence-corrected chi connectivity index (χ2v) is 2.53. The molecule has 0 aliphatic heterocycles. The molecule has 14 heavy (non-hydrogen) atoms. The van der Waals surface area contributed by atoms with Gasteiger partial charge in [-0.3, -0.25) is 0 Å². The number of halogens is 2. The molecule has 78 valence electrons. The van der Waals surface area contributed by atoms with Crippen molar-refractivity contribution in [3.63, 3.8) is 0 Å². The summed E-state index contributed by atoms with van der Waals surface area (Å²) in [5.41, 5.74) is 5.17. The predicted molar refractivity (Wildman–Crippen MR) is 47.5 cm³/mol. The third kappa shape index (κ3) is 2.11. The summed E-state index contributed by atoms with van der Waals surface area (Å²) in [5, 5.41) is 0. The Morgan fingerprint density at radius 3 is 2.29 bits per heavy atom. The summed E-state index contributed by atoms with van der Waals surface area (Å²) >= 11 is 0. The number of methoxy groups -OCH3 is 1. The van der Waals surface area contributed by atoms with E-state index in [0.29, 0.717) is 0 Å². The molecular formula is C9H11F2NO2. The predicted octanol–water partition coefficient (Wildman–Crippen LogP) is 1.31. The molecule has 0 unspecified atom stereocenters. The van der Waals surface area contributed by atoms with Crippen molar-refractivity contribution in [1.29, 1.82) is 0 Å². The van der Waals surface area contributed by atoms with Crippen LogP contribution in [0.2, 0.25) is 0 Å². The van der Waals surface area contributed by atoms with E-state index in [-0.39, 0.29) is 24.7 Å². The van der Waals surface area contributed by atoms with Crippen molar-refractivity contribution in [3.05, 3.63) is 23.8 Å². The van der Waals surface area contributed by atoms with Gasteiger partial charge in [-0.25, -0.2) is 8.78 Å². The van der Waals surface area contributed by atoms with Crippen molar-refractivity contribution in [2.75, 3.05) is 20.3 Å². The molecule has 0 saturated carbocycles. The highest BCUT2D eigenvalue weighted by molar-refractivity contribution is 5.42. The minimum Gasteiger partial charge on any atom is -0.490 e. The number of hydrogen-bond donors (Lipinski definition) is 1. The van der Waals surface area contributed by atoms with Crippen LogP contribution in [0.15, 0.2) is 12.1 Å². The molecule has 0 atom stereocenters. The van der Waals surface area contributed by atoms with Gasteiger partial charge >= 0.3 is 0 Å². The van der Waals surface area contributed by atoms with Crippen molar-refractivity contribution in [3.8, 4) is 11.5 Å². The van der Waals surface area contributed by atoms with Crippen molar-refractivity contribution < 1.29 is 18.3 Å². The van der Waals surface area contributed by atoms with Gasteiger partial charge in [0.2, 0.25) is 0 Å². The van der Waals surface area contributed by atoms with E-state index in [1.807, 2.05) is 0 Å². The first-order valence-corrected chi connectivity index (χ1v) is 4.05. The minimum atomic E-state index is -0.670. The fraction of sp³-hybridized carbons (Fsp3) is 0.333. The summed E-state index contributed by atoms with van der Waals surface area (Å²) in [7, 11) is 1.24. The molecule has 1 rings (SSSR count). The number of ether oxygens (including phenoxy) is 2. The number of benzene rings is 1. The lowest BCUT2D eigenvalue weighted by molar-refractivity contribution is 0.279. The second-order valence-electron chi connectivity index (χ2n) is 2.53. The molecule has 2 N–H and O–H groups in total. The SMILES string of the molecule is COc1c(F)ccc(F)c1OCCN. The van der Waals surface area contributed by atoms with Crippen LogP contribution >= 0.6 is 0 Å². The quantitative estimate of drug-likeness (QED) is 0.802. The third-order valence-corrected chi connectivity index (χ3v) is 1.58. The molecule has 0 radical (unpaired) electrons. The fourth-order valence-corrected chi connectivity index (χ4v) is 1.00. The van der Waals surface area contributed by atoms with Gasteiger partial charge in [0, 0.05) is 6.54 Å². The topological polar surface area (TPSA) is 44.5 Å². The van der Waals surface area contributed by atoms with Crippen LogP contribution in [0.1, 0.15) is 0 Å². The molecule has 3 nitrogen and oxygen atoms in total. The van der Waals surface area contributed by atoms with E-state index in [4.69, 9.17) is 10.5 Å². The summed E-state index contributed by atoms with van der Waals surface area (Å²) in [6.45, 7) is 0.329. The van der Waals surface area contributed by atoms with Gasteiger partial charge in [0.15, 0.2) is 23.1 Å². The molecule has 0 aliphatic rings. The first-order chi connectivity index (χ1) is 6.70. The van der Waals surface area contributed by atoms with E-state index in [1.165, 1.54) is 7.11 Å². The summed E-state index contributed by atoms with van der Waals surface area (Å²) in [4.78, 5) is 0. The molecular weight excluding hydrogens is 192 g/mol. The largest absolute Gasteiger partial charge is 0.490 e. The normalized spacial score (nSPS) is 10.0. The van der Waals surface area contributed by atoms with Gasteiger partial charge in [0.05, 0.1) is 7.11 Å². The standard InChI is InChI=1S/C9H11F2NO2/c1-13-8-6(10)2-3-7(11)9(8)14-5-4-12/h2-3H,4-5,12H2,1H3. The summed E-state index contributed by atoms with van der Waals surface area (Å²) in [6, 6.07) is 1.95. The van der Waals surface area contributed by atoms with Gasteiger partial charge in [-0.2, -0.15) is 0 Å². The Balaban J connectivity index is 3.03. The zero-order chi connectivity index (χ0) is 10.6. The van der Waals surface area contributed by atoms with Gasteiger partial charge in [-0.15, -0.1) is 0 Å². The summed E-state index contributed by atoms with van der Waals surface area (Å²) in [6.07, 6.45) is 0. The Morgan fingerprint density at radius 1 is 1.21 bits per heavy atom. The molecule has 0 aliphatic carbocycles. The van der Waals surface area contributed by atoms with E-state index in [2.05, 4.69) is 4.74 Å². The van der Waals surface area contributed by atoms with Gasteiger partial charge in [-0.1, -0.05) is 0 Å². The molecule has 0 spiro atoms. The summed E-state index contributed by atoms with van der Waals surface area (Å²) in [5.74, 6) is -1.81. The zero-order valence-electron chi connectivity index (χ0n) is 7.72. The molecule has 0 fully saturated rings. The van der Waals surface area contributed by atoms with Crippen LogP contribution in [0.4, 0.5) is 8.78 Å². The minimum absolute atomic E-state index is 0.108. The Kier molecular flexibility index (Phi) is 3.64. The first-order valence-electron chi connectivity index (χ1n) is 4.05. The van der Waals surface area contributed by atoms with Crippen LogP contribution in [-0.2, 0) is 0 Å². The molecule has 5 heteroatoms. The average molecular weight is 203 g/mol. The van der Waals surface area contributed by atoms with Crippen molar-refractivity contribution in [2.45, 2.75) is 0 Å². The molecule has 1 aromatic rings. The van der Waals surface area contributed by atoms with Gasteiger partial charge < -0.3 is 15.2 Å². The van der Waals surface area contributed by atoms with Crippen LogP contribution < -0.4 is 15.2 Å². The fourth-order valence-electron chi connectivity index (χ4n) is 1.00. The van der Waals surface area contributed by atoms with Crippen LogP contribution in [0.3, 0.4) is 0 Å². The highest BCUT2D eigenvalue weighted by Gasteiger charge is 2.15. The maximum Gasteiger partial charge on any atom is 0.200 e. The van der Waals surface area contributed by atoms with Gasteiger partial charge in [0.25, 0.3) is 0 Å². The van der Waals surface area contributed by atoms with E-state index in [9.17, 15) is 8.78 Å². The second kappa shape index (κ2) is 4.76. The highest BCUT2D eigenvalue weighted by Crippen LogP contribution is 2.32. The third-order valence-electron chi connectivity index (χ3n) is 1.58. The lowest BCUT2D eigenvalue weighted by Crippen LogP contribution is -2.12. The number of hydrogen-bond acceptors (Lipinski definition) is 3. The Bertz CT molecular complexity index is 318. The smallest absolute Gasteiger partial charge is 0.200 e. The number of nitrogens with two attached hydrogens (primary N) is 1. The Hall–Kier alpha value is -1.36. The van der Waals surface area contributed by atoms with Crippen LogP contribution in [0, 0.1) is 11.6 Å². The van der Waals surface area contributed by atoms with Crippen molar-refractivity contribution in [1.82, 2.24) is 0 Å². The maximum atomic E-state index is 13.1. The van der Waals surface area contributed by atoms with Crippen LogP contribution in [-0.4, -0.2) is 20.3 Å². The molecule has 0 amide bonds. The molecule has 0 saturated heterocycles.